The Kier molecular flexibility index (Phi) is 33.9. The SMILES string of the molecule is C.C.C.C.O=S(=O)(O)O.O=S(=O)(O)O. The standard InChI is InChI=1S/4CH4.2H2O4S/c;;;;2*1-5(2,3)4/h4*1H4;2*(H2,1,2,3,4). The van der Waals surface area contributed by atoms with Crippen LogP contribution in [0.1, 0.15) is 29.7 Å². The van der Waals surface area contributed by atoms with Crippen LogP contribution in [0.2, 0.25) is 0 Å². The average molecular weight is 260 g/mol. The first-order valence-electron chi connectivity index (χ1n) is 1.40. The van der Waals surface area contributed by atoms with Gasteiger partial charge in [0.1, 0.15) is 0 Å². The molecule has 0 spiro atoms. The summed E-state index contributed by atoms with van der Waals surface area (Å²) in [6.07, 6.45) is 0. The molecule has 0 aromatic carbocycles. The molecule has 4 N–H and O–H groups in total. The van der Waals surface area contributed by atoms with E-state index >= 15 is 0 Å². The maximum Gasteiger partial charge on any atom is 0.394 e. The van der Waals surface area contributed by atoms with E-state index in [4.69, 9.17) is 35.0 Å². The van der Waals surface area contributed by atoms with E-state index in [1.807, 2.05) is 0 Å². The summed E-state index contributed by atoms with van der Waals surface area (Å²) in [6.45, 7) is 0. The Morgan fingerprint density at radius 1 is 0.500 bits per heavy atom. The molecule has 0 amide bonds. The molecule has 14 heavy (non-hydrogen) atoms. The van der Waals surface area contributed by atoms with Crippen LogP contribution in [0, 0.1) is 0 Å². The van der Waals surface area contributed by atoms with Crippen molar-refractivity contribution in [2.75, 3.05) is 0 Å². The van der Waals surface area contributed by atoms with Crippen molar-refractivity contribution in [3.05, 3.63) is 0 Å². The fourth-order valence-electron chi connectivity index (χ4n) is 0. The summed E-state index contributed by atoms with van der Waals surface area (Å²) in [5.41, 5.74) is 0. The quantitative estimate of drug-likeness (QED) is 0.475. The maximum atomic E-state index is 8.74. The van der Waals surface area contributed by atoms with Crippen molar-refractivity contribution in [3.8, 4) is 0 Å². The van der Waals surface area contributed by atoms with Gasteiger partial charge in [-0.05, 0) is 0 Å². The topological polar surface area (TPSA) is 149 Å². The highest BCUT2D eigenvalue weighted by molar-refractivity contribution is 7.80. The van der Waals surface area contributed by atoms with E-state index in [1.54, 1.807) is 0 Å². The van der Waals surface area contributed by atoms with Crippen molar-refractivity contribution in [3.63, 3.8) is 0 Å². The normalized spacial score (nSPS) is 8.29. The van der Waals surface area contributed by atoms with Gasteiger partial charge in [0.2, 0.25) is 0 Å². The number of hydrogen-bond donors (Lipinski definition) is 4. The Balaban J connectivity index is -0.0000000178. The first kappa shape index (κ1) is 37.2. The molecule has 0 saturated carbocycles. The van der Waals surface area contributed by atoms with Crippen LogP contribution in [0.15, 0.2) is 0 Å². The predicted molar refractivity (Wildman–Crippen MR) is 55.3 cm³/mol. The monoisotopic (exact) mass is 260 g/mol. The van der Waals surface area contributed by atoms with Crippen molar-refractivity contribution in [2.24, 2.45) is 0 Å². The Bertz CT molecular complexity index is 216. The van der Waals surface area contributed by atoms with Crippen LogP contribution in [0.3, 0.4) is 0 Å². The highest BCUT2D eigenvalue weighted by Crippen LogP contribution is 1.59. The summed E-state index contributed by atoms with van der Waals surface area (Å²) in [5.74, 6) is 0. The van der Waals surface area contributed by atoms with Crippen molar-refractivity contribution in [2.45, 2.75) is 29.7 Å². The summed E-state index contributed by atoms with van der Waals surface area (Å²) in [6, 6.07) is 0. The number of rotatable bonds is 0. The van der Waals surface area contributed by atoms with Crippen LogP contribution in [-0.4, -0.2) is 35.0 Å². The molecule has 0 aromatic rings. The highest BCUT2D eigenvalue weighted by atomic mass is 32.3. The van der Waals surface area contributed by atoms with Crippen LogP contribution < -0.4 is 0 Å². The van der Waals surface area contributed by atoms with E-state index in [2.05, 4.69) is 0 Å². The molecule has 0 atom stereocenters. The molecule has 0 aromatic heterocycles. The van der Waals surface area contributed by atoms with E-state index < -0.39 is 20.8 Å². The summed E-state index contributed by atoms with van der Waals surface area (Å²) in [7, 11) is -9.33. The summed E-state index contributed by atoms with van der Waals surface area (Å²) in [4.78, 5) is 0. The third kappa shape index (κ3) is 20000. The van der Waals surface area contributed by atoms with E-state index in [9.17, 15) is 0 Å². The molecule has 8 nitrogen and oxygen atoms in total. The maximum absolute atomic E-state index is 8.74. The highest BCUT2D eigenvalue weighted by Gasteiger charge is 1.85. The molecule has 0 aliphatic heterocycles. The third-order valence-corrected chi connectivity index (χ3v) is 0. The van der Waals surface area contributed by atoms with Crippen molar-refractivity contribution in [1.82, 2.24) is 0 Å². The van der Waals surface area contributed by atoms with Gasteiger partial charge in [0.05, 0.1) is 0 Å². The molecule has 96 valence electrons. The van der Waals surface area contributed by atoms with Gasteiger partial charge in [0.15, 0.2) is 0 Å². The minimum Gasteiger partial charge on any atom is -0.264 e. The van der Waals surface area contributed by atoms with Gasteiger partial charge >= 0.3 is 20.8 Å². The van der Waals surface area contributed by atoms with Gasteiger partial charge in [-0.3, -0.25) is 18.2 Å². The molecule has 0 bridgehead atoms. The second-order valence-electron chi connectivity index (χ2n) is 0.896. The van der Waals surface area contributed by atoms with Crippen molar-refractivity contribution in [1.29, 1.82) is 0 Å². The first-order valence-corrected chi connectivity index (χ1v) is 4.19. The molecule has 0 unspecified atom stereocenters. The molecule has 0 fully saturated rings. The molecule has 10 heteroatoms. The molecule has 0 aliphatic rings. The second-order valence-corrected chi connectivity index (χ2v) is 2.69. The minimum absolute atomic E-state index is 0. The van der Waals surface area contributed by atoms with E-state index in [0.717, 1.165) is 0 Å². The molecule has 0 rings (SSSR count). The van der Waals surface area contributed by atoms with E-state index in [1.165, 1.54) is 0 Å². The zero-order valence-electron chi connectivity index (χ0n) is 4.24. The Hall–Kier alpha value is -0.260. The average Bonchev–Trinajstić information content (AvgIpc) is 1.12. The van der Waals surface area contributed by atoms with Gasteiger partial charge in [0, 0.05) is 0 Å². The second kappa shape index (κ2) is 12.7. The van der Waals surface area contributed by atoms with Crippen LogP contribution in [0.4, 0.5) is 0 Å². The summed E-state index contributed by atoms with van der Waals surface area (Å²) < 4.78 is 63.2. The van der Waals surface area contributed by atoms with Gasteiger partial charge in [-0.2, -0.15) is 16.8 Å². The lowest BCUT2D eigenvalue weighted by molar-refractivity contribution is 0.378. The molecule has 0 radical (unpaired) electrons. The summed E-state index contributed by atoms with van der Waals surface area (Å²) in [5, 5.41) is 0. The Morgan fingerprint density at radius 2 is 0.500 bits per heavy atom. The van der Waals surface area contributed by atoms with Crippen LogP contribution in [0.5, 0.6) is 0 Å². The lowest BCUT2D eigenvalue weighted by Crippen LogP contribution is -1.89. The molecule has 0 aliphatic carbocycles. The fraction of sp³-hybridized carbons (Fsp3) is 1.00. The largest absolute Gasteiger partial charge is 0.394 e. The molecular formula is C4H20O8S2. The zero-order valence-corrected chi connectivity index (χ0v) is 5.87. The van der Waals surface area contributed by atoms with E-state index in [0.29, 0.717) is 0 Å². The van der Waals surface area contributed by atoms with Crippen LogP contribution in [0.25, 0.3) is 0 Å². The smallest absolute Gasteiger partial charge is 0.264 e. The minimum atomic E-state index is -4.67. The van der Waals surface area contributed by atoms with Crippen molar-refractivity contribution >= 4 is 20.8 Å². The number of hydrogen-bond acceptors (Lipinski definition) is 4. The van der Waals surface area contributed by atoms with Gasteiger partial charge < -0.3 is 0 Å². The Labute approximate surface area is 86.1 Å². The fourth-order valence-corrected chi connectivity index (χ4v) is 0. The van der Waals surface area contributed by atoms with E-state index in [-0.39, 0.29) is 29.7 Å². The van der Waals surface area contributed by atoms with Gasteiger partial charge in [0.25, 0.3) is 0 Å². The zero-order chi connectivity index (χ0) is 9.00. The van der Waals surface area contributed by atoms with Crippen LogP contribution in [-0.2, 0) is 20.8 Å². The third-order valence-electron chi connectivity index (χ3n) is 0. The lowest BCUT2D eigenvalue weighted by Gasteiger charge is -1.68. The molecule has 0 saturated heterocycles. The van der Waals surface area contributed by atoms with Gasteiger partial charge in [-0.1, -0.05) is 29.7 Å². The van der Waals surface area contributed by atoms with Gasteiger partial charge in [-0.25, -0.2) is 0 Å². The summed E-state index contributed by atoms with van der Waals surface area (Å²) >= 11 is 0. The lowest BCUT2D eigenvalue weighted by atomic mass is 12.0. The van der Waals surface area contributed by atoms with Crippen molar-refractivity contribution < 1.29 is 35.0 Å². The Morgan fingerprint density at radius 3 is 0.500 bits per heavy atom. The molecule has 0 heterocycles. The first-order chi connectivity index (χ1) is 4.00. The van der Waals surface area contributed by atoms with Crippen LogP contribution >= 0.6 is 0 Å². The molecular weight excluding hydrogens is 240 g/mol. The predicted octanol–water partition coefficient (Wildman–Crippen LogP) is 1.24. The van der Waals surface area contributed by atoms with Gasteiger partial charge in [-0.15, -0.1) is 0 Å².